The topological polar surface area (TPSA) is 29.1 Å². The molecule has 1 N–H and O–H groups in total. The Labute approximate surface area is 127 Å². The number of rotatable bonds is 3. The highest BCUT2D eigenvalue weighted by molar-refractivity contribution is 9.10. The average molecular weight is 361 g/mol. The van der Waals surface area contributed by atoms with Crippen LogP contribution in [0.2, 0.25) is 5.02 Å². The van der Waals surface area contributed by atoms with Crippen molar-refractivity contribution in [3.05, 3.63) is 63.1 Å². The molecule has 0 saturated carbocycles. The van der Waals surface area contributed by atoms with Crippen molar-refractivity contribution in [1.29, 1.82) is 0 Å². The van der Waals surface area contributed by atoms with Crippen LogP contribution in [0.1, 0.15) is 5.56 Å². The molecule has 0 aliphatic carbocycles. The molecule has 6 heteroatoms. The molecule has 2 nitrogen and oxygen atoms in total. The van der Waals surface area contributed by atoms with Crippen LogP contribution >= 0.6 is 27.5 Å². The normalized spacial score (nSPS) is 10.4. The highest BCUT2D eigenvalue weighted by atomic mass is 79.9. The van der Waals surface area contributed by atoms with Gasteiger partial charge in [-0.1, -0.05) is 17.7 Å². The summed E-state index contributed by atoms with van der Waals surface area (Å²) in [7, 11) is 0. The number of carbonyl (C=O) groups excluding carboxylic acids is 1. The summed E-state index contributed by atoms with van der Waals surface area (Å²) in [5.74, 6) is -1.81. The van der Waals surface area contributed by atoms with Crippen molar-refractivity contribution in [3.8, 4) is 0 Å². The molecule has 0 heterocycles. The maximum Gasteiger partial charge on any atom is 0.228 e. The third-order valence-corrected chi connectivity index (χ3v) is 3.78. The Morgan fingerprint density at radius 3 is 2.60 bits per heavy atom. The summed E-state index contributed by atoms with van der Waals surface area (Å²) in [4.78, 5) is 11.8. The second-order valence-electron chi connectivity index (χ2n) is 4.09. The van der Waals surface area contributed by atoms with E-state index in [9.17, 15) is 13.6 Å². The van der Waals surface area contributed by atoms with Crippen molar-refractivity contribution in [1.82, 2.24) is 0 Å². The molecule has 0 atom stereocenters. The van der Waals surface area contributed by atoms with Crippen molar-refractivity contribution in [2.45, 2.75) is 6.42 Å². The van der Waals surface area contributed by atoms with Crippen molar-refractivity contribution in [2.75, 3.05) is 5.32 Å². The Kier molecular flexibility index (Phi) is 4.73. The molecule has 0 aromatic heterocycles. The second-order valence-corrected chi connectivity index (χ2v) is 5.35. The van der Waals surface area contributed by atoms with Crippen LogP contribution in [0, 0.1) is 11.6 Å². The molecule has 0 unspecified atom stereocenters. The van der Waals surface area contributed by atoms with Crippen molar-refractivity contribution < 1.29 is 13.6 Å². The van der Waals surface area contributed by atoms with Crippen LogP contribution in [0.3, 0.4) is 0 Å². The van der Waals surface area contributed by atoms with E-state index in [4.69, 9.17) is 11.6 Å². The highest BCUT2D eigenvalue weighted by Crippen LogP contribution is 2.25. The molecule has 0 spiro atoms. The number of anilines is 1. The molecule has 0 aliphatic rings. The third kappa shape index (κ3) is 3.77. The van der Waals surface area contributed by atoms with E-state index in [0.717, 1.165) is 12.1 Å². The predicted octanol–water partition coefficient (Wildman–Crippen LogP) is 4.56. The zero-order chi connectivity index (χ0) is 14.7. The van der Waals surface area contributed by atoms with Gasteiger partial charge < -0.3 is 5.32 Å². The fourth-order valence-corrected chi connectivity index (χ4v) is 2.11. The lowest BCUT2D eigenvalue weighted by atomic mass is 10.1. The summed E-state index contributed by atoms with van der Waals surface area (Å²) in [6.07, 6.45) is -0.174. The van der Waals surface area contributed by atoms with E-state index in [1.165, 1.54) is 6.07 Å². The summed E-state index contributed by atoms with van der Waals surface area (Å²) in [6, 6.07) is 8.01. The van der Waals surface area contributed by atoms with Gasteiger partial charge in [-0.25, -0.2) is 8.78 Å². The molecule has 0 radical (unpaired) electrons. The van der Waals surface area contributed by atoms with Crippen molar-refractivity contribution >= 4 is 39.1 Å². The first kappa shape index (κ1) is 14.9. The molecule has 0 aliphatic heterocycles. The van der Waals surface area contributed by atoms with Gasteiger partial charge in [-0.05, 0) is 45.8 Å². The molecule has 104 valence electrons. The second kappa shape index (κ2) is 6.33. The van der Waals surface area contributed by atoms with Gasteiger partial charge >= 0.3 is 0 Å². The monoisotopic (exact) mass is 359 g/mol. The minimum absolute atomic E-state index is 0.136. The maximum atomic E-state index is 13.4. The fraction of sp³-hybridized carbons (Fsp3) is 0.0714. The van der Waals surface area contributed by atoms with Gasteiger partial charge in [0.25, 0.3) is 0 Å². The van der Waals surface area contributed by atoms with E-state index < -0.39 is 17.5 Å². The fourth-order valence-electron chi connectivity index (χ4n) is 1.62. The van der Waals surface area contributed by atoms with Crippen LogP contribution in [-0.2, 0) is 11.2 Å². The van der Waals surface area contributed by atoms with Crippen molar-refractivity contribution in [2.24, 2.45) is 0 Å². The minimum Gasteiger partial charge on any atom is -0.326 e. The molecule has 20 heavy (non-hydrogen) atoms. The molecule has 0 fully saturated rings. The van der Waals surface area contributed by atoms with Crippen molar-refractivity contribution in [3.63, 3.8) is 0 Å². The highest BCUT2D eigenvalue weighted by Gasteiger charge is 2.10. The summed E-state index contributed by atoms with van der Waals surface area (Å²) in [5.41, 5.74) is 0.672. The quantitative estimate of drug-likeness (QED) is 0.854. The van der Waals surface area contributed by atoms with Crippen LogP contribution in [0.25, 0.3) is 0 Å². The standard InChI is InChI=1S/C14H9BrClF2NO/c15-11-7-10(3-4-12(11)16)19-14(20)5-8-1-2-9(17)6-13(8)18/h1-4,6-7H,5H2,(H,19,20). The van der Waals surface area contributed by atoms with Gasteiger partial charge in [0.05, 0.1) is 11.4 Å². The number of benzene rings is 2. The summed E-state index contributed by atoms with van der Waals surface area (Å²) < 4.78 is 26.8. The molecule has 2 aromatic carbocycles. The van der Waals surface area contributed by atoms with E-state index in [-0.39, 0.29) is 12.0 Å². The van der Waals surface area contributed by atoms with Gasteiger partial charge in [-0.15, -0.1) is 0 Å². The van der Waals surface area contributed by atoms with Gasteiger partial charge in [0, 0.05) is 16.2 Å². The van der Waals surface area contributed by atoms with E-state index >= 15 is 0 Å². The van der Waals surface area contributed by atoms with E-state index in [1.807, 2.05) is 0 Å². The Morgan fingerprint density at radius 1 is 1.20 bits per heavy atom. The van der Waals surface area contributed by atoms with E-state index in [2.05, 4.69) is 21.2 Å². The first-order valence-corrected chi connectivity index (χ1v) is 6.81. The number of carbonyl (C=O) groups is 1. The molecule has 0 bridgehead atoms. The zero-order valence-corrected chi connectivity index (χ0v) is 12.4. The Hall–Kier alpha value is -1.46. The smallest absolute Gasteiger partial charge is 0.228 e. The summed E-state index contributed by atoms with van der Waals surface area (Å²) in [5, 5.41) is 3.13. The SMILES string of the molecule is O=C(Cc1ccc(F)cc1F)Nc1ccc(Cl)c(Br)c1. The summed E-state index contributed by atoms with van der Waals surface area (Å²) >= 11 is 9.08. The van der Waals surface area contributed by atoms with Crippen LogP contribution in [0.5, 0.6) is 0 Å². The van der Waals surface area contributed by atoms with Crippen LogP contribution < -0.4 is 5.32 Å². The van der Waals surface area contributed by atoms with Crippen LogP contribution in [0.15, 0.2) is 40.9 Å². The molecule has 2 rings (SSSR count). The number of amides is 1. The first-order chi connectivity index (χ1) is 9.45. The lowest BCUT2D eigenvalue weighted by Gasteiger charge is -2.07. The number of halogens is 4. The zero-order valence-electron chi connectivity index (χ0n) is 10.1. The average Bonchev–Trinajstić information content (AvgIpc) is 2.37. The lowest BCUT2D eigenvalue weighted by molar-refractivity contribution is -0.115. The summed E-state index contributed by atoms with van der Waals surface area (Å²) in [6.45, 7) is 0. The Balaban J connectivity index is 2.07. The molecule has 2 aromatic rings. The van der Waals surface area contributed by atoms with Gasteiger partial charge in [0.15, 0.2) is 0 Å². The molecule has 1 amide bonds. The largest absolute Gasteiger partial charge is 0.326 e. The first-order valence-electron chi connectivity index (χ1n) is 5.64. The minimum atomic E-state index is -0.738. The van der Waals surface area contributed by atoms with E-state index in [1.54, 1.807) is 18.2 Å². The number of nitrogens with one attached hydrogen (secondary N) is 1. The molecule has 0 saturated heterocycles. The van der Waals surface area contributed by atoms with Gasteiger partial charge in [0.1, 0.15) is 11.6 Å². The van der Waals surface area contributed by atoms with Gasteiger partial charge in [-0.3, -0.25) is 4.79 Å². The lowest BCUT2D eigenvalue weighted by Crippen LogP contribution is -2.15. The van der Waals surface area contributed by atoms with Crippen LogP contribution in [0.4, 0.5) is 14.5 Å². The predicted molar refractivity (Wildman–Crippen MR) is 77.8 cm³/mol. The van der Waals surface area contributed by atoms with Gasteiger partial charge in [0.2, 0.25) is 5.91 Å². The van der Waals surface area contributed by atoms with E-state index in [0.29, 0.717) is 15.2 Å². The number of hydrogen-bond acceptors (Lipinski definition) is 1. The third-order valence-electron chi connectivity index (χ3n) is 2.57. The maximum absolute atomic E-state index is 13.4. The number of hydrogen-bond donors (Lipinski definition) is 1. The Bertz CT molecular complexity index is 664. The Morgan fingerprint density at radius 2 is 1.95 bits per heavy atom. The molecular formula is C14H9BrClF2NO. The van der Waals surface area contributed by atoms with Gasteiger partial charge in [-0.2, -0.15) is 0 Å². The van der Waals surface area contributed by atoms with Crippen LogP contribution in [-0.4, -0.2) is 5.91 Å². The molecular weight excluding hydrogens is 352 g/mol.